The Morgan fingerprint density at radius 1 is 0.679 bits per heavy atom. The van der Waals surface area contributed by atoms with Crippen molar-refractivity contribution in [3.05, 3.63) is 40.7 Å². The second-order valence-electron chi connectivity index (χ2n) is 6.06. The van der Waals surface area contributed by atoms with Crippen molar-refractivity contribution in [1.82, 2.24) is 0 Å². The van der Waals surface area contributed by atoms with E-state index in [4.69, 9.17) is 4.34 Å². The summed E-state index contributed by atoms with van der Waals surface area (Å²) in [6.45, 7) is 5.31. The molecular weight excluding hydrogens is 412 g/mol. The lowest BCUT2D eigenvalue weighted by Gasteiger charge is -2.29. The van der Waals surface area contributed by atoms with E-state index >= 15 is 0 Å². The van der Waals surface area contributed by atoms with Gasteiger partial charge in [0.1, 0.15) is 0 Å². The summed E-state index contributed by atoms with van der Waals surface area (Å²) in [5, 5.41) is 6.76. The summed E-state index contributed by atoms with van der Waals surface area (Å²) in [4.78, 5) is 0. The van der Waals surface area contributed by atoms with Crippen LogP contribution >= 0.6 is 0 Å². The molecule has 0 aliphatic rings. The third-order valence-electron chi connectivity index (χ3n) is 4.80. The van der Waals surface area contributed by atoms with Gasteiger partial charge in [-0.15, -0.1) is 0 Å². The highest BCUT2D eigenvalue weighted by Crippen LogP contribution is 2.39. The van der Waals surface area contributed by atoms with Gasteiger partial charge >= 0.3 is 7.32 Å². The molecule has 1 N–H and O–H groups in total. The molecular formula is C16H16BF7O3Si. The van der Waals surface area contributed by atoms with Crippen molar-refractivity contribution in [1.29, 1.82) is 0 Å². The molecule has 0 spiro atoms. The van der Waals surface area contributed by atoms with Crippen LogP contribution in [0.15, 0.2) is 0 Å². The summed E-state index contributed by atoms with van der Waals surface area (Å²) < 4.78 is 107. The molecule has 3 nitrogen and oxygen atoms in total. The van der Waals surface area contributed by atoms with Crippen LogP contribution in [0, 0.1) is 40.7 Å². The minimum absolute atomic E-state index is 0.504. The molecule has 0 heterocycles. The highest BCUT2D eigenvalue weighted by Gasteiger charge is 2.38. The van der Waals surface area contributed by atoms with Crippen LogP contribution in [0.2, 0.25) is 18.1 Å². The zero-order valence-corrected chi connectivity index (χ0v) is 16.1. The maximum atomic E-state index is 14.2. The number of hydrogen-bond acceptors (Lipinski definition) is 3. The Bertz CT molecular complexity index is 892. The first-order valence-corrected chi connectivity index (χ1v) is 10.9. The van der Waals surface area contributed by atoms with Gasteiger partial charge in [-0.3, -0.25) is 0 Å². The Morgan fingerprint density at radius 2 is 1.07 bits per heavy atom. The highest BCUT2D eigenvalue weighted by atomic mass is 28.4. The molecule has 28 heavy (non-hydrogen) atoms. The molecule has 2 aromatic rings. The van der Waals surface area contributed by atoms with Crippen molar-refractivity contribution >= 4 is 26.4 Å². The van der Waals surface area contributed by atoms with Gasteiger partial charge < -0.3 is 14.0 Å². The molecule has 0 saturated heterocycles. The number of hydrogen-bond donors (Lipinski definition) is 1. The minimum Gasteiger partial charge on any atom is -0.509 e. The lowest BCUT2D eigenvalue weighted by Crippen LogP contribution is -2.44. The van der Waals surface area contributed by atoms with Gasteiger partial charge in [-0.2, -0.15) is 4.39 Å². The van der Waals surface area contributed by atoms with Gasteiger partial charge in [0.05, 0.1) is 10.8 Å². The normalized spacial score (nSPS) is 12.0. The summed E-state index contributed by atoms with van der Waals surface area (Å²) >= 11 is 0. The van der Waals surface area contributed by atoms with E-state index < -0.39 is 72.9 Å². The Morgan fingerprint density at radius 3 is 1.50 bits per heavy atom. The fraction of sp³-hybridized carbons (Fsp3) is 0.375. The molecule has 0 unspecified atom stereocenters. The molecule has 12 heteroatoms. The maximum absolute atomic E-state index is 14.2. The summed E-state index contributed by atoms with van der Waals surface area (Å²) in [6.07, 6.45) is 0. The number of benzene rings is 2. The Kier molecular flexibility index (Phi) is 6.67. The van der Waals surface area contributed by atoms with E-state index in [1.165, 1.54) is 0 Å². The third-order valence-corrected chi connectivity index (χ3v) is 9.37. The van der Waals surface area contributed by atoms with Crippen LogP contribution in [0.5, 0.6) is 5.75 Å². The van der Waals surface area contributed by atoms with Crippen LogP contribution in [0.4, 0.5) is 30.7 Å². The molecule has 0 radical (unpaired) electrons. The maximum Gasteiger partial charge on any atom is 0.699 e. The molecule has 0 fully saturated rings. The van der Waals surface area contributed by atoms with Gasteiger partial charge in [-0.1, -0.05) is 20.8 Å². The van der Waals surface area contributed by atoms with Gasteiger partial charge in [-0.05, 0) is 18.1 Å². The second kappa shape index (κ2) is 8.29. The van der Waals surface area contributed by atoms with E-state index in [2.05, 4.69) is 4.65 Å². The van der Waals surface area contributed by atoms with E-state index in [9.17, 15) is 35.8 Å². The summed E-state index contributed by atoms with van der Waals surface area (Å²) in [5.41, 5.74) is 0. The van der Waals surface area contributed by atoms with Crippen LogP contribution in [-0.4, -0.2) is 20.7 Å². The van der Waals surface area contributed by atoms with Crippen molar-refractivity contribution in [2.45, 2.75) is 38.9 Å². The quantitative estimate of drug-likeness (QED) is 0.286. The van der Waals surface area contributed by atoms with Crippen molar-refractivity contribution < 1.29 is 44.8 Å². The standard InChI is InChI=1S/C16H16BF7O3Si/c1-4-28(5-2,6-3)27-17(25)26-16-8-7(10(19)14(23)15(16)24)9(18)12(21)13(22)11(8)20/h25H,4-6H2,1-3H3. The Balaban J connectivity index is 2.68. The first-order valence-electron chi connectivity index (χ1n) is 8.39. The molecule has 0 aliphatic heterocycles. The molecule has 0 bridgehead atoms. The van der Waals surface area contributed by atoms with Gasteiger partial charge in [0.25, 0.3) is 0 Å². The molecule has 0 aromatic heterocycles. The zero-order chi connectivity index (χ0) is 21.4. The van der Waals surface area contributed by atoms with E-state index in [1.807, 2.05) is 0 Å². The third kappa shape index (κ3) is 3.60. The Labute approximate surface area is 157 Å². The summed E-state index contributed by atoms with van der Waals surface area (Å²) in [5.74, 6) is -17.6. The summed E-state index contributed by atoms with van der Waals surface area (Å²) in [6, 6.07) is 1.51. The van der Waals surface area contributed by atoms with E-state index in [-0.39, 0.29) is 0 Å². The summed E-state index contributed by atoms with van der Waals surface area (Å²) in [7, 11) is -4.81. The topological polar surface area (TPSA) is 38.7 Å². The lowest BCUT2D eigenvalue weighted by molar-refractivity contribution is 0.281. The first kappa shape index (κ1) is 22.5. The number of rotatable bonds is 7. The van der Waals surface area contributed by atoms with Gasteiger partial charge in [-0.25, -0.2) is 26.3 Å². The van der Waals surface area contributed by atoms with Crippen LogP contribution in [-0.2, 0) is 4.34 Å². The van der Waals surface area contributed by atoms with Crippen molar-refractivity contribution in [2.75, 3.05) is 0 Å². The molecule has 0 amide bonds. The lowest BCUT2D eigenvalue weighted by atomic mass is 10.0. The molecule has 0 aliphatic carbocycles. The fourth-order valence-corrected chi connectivity index (χ4v) is 5.39. The molecule has 2 rings (SSSR count). The molecule has 0 saturated carbocycles. The van der Waals surface area contributed by atoms with E-state index in [1.54, 1.807) is 20.8 Å². The molecule has 2 aromatic carbocycles. The van der Waals surface area contributed by atoms with Crippen LogP contribution in [0.3, 0.4) is 0 Å². The van der Waals surface area contributed by atoms with Crippen LogP contribution < -0.4 is 4.65 Å². The molecule has 154 valence electrons. The minimum atomic E-state index is -2.56. The number of fused-ring (bicyclic) bond motifs is 1. The number of halogens is 7. The van der Waals surface area contributed by atoms with Crippen LogP contribution in [0.1, 0.15) is 20.8 Å². The van der Waals surface area contributed by atoms with Gasteiger partial charge in [0.2, 0.25) is 5.82 Å². The SMILES string of the molecule is CC[Si](CC)(CC)OB(O)Oc1c(F)c(F)c(F)c2c(F)c(F)c(F)c(F)c12. The van der Waals surface area contributed by atoms with Gasteiger partial charge in [0.15, 0.2) is 49.0 Å². The van der Waals surface area contributed by atoms with Crippen molar-refractivity contribution in [3.8, 4) is 5.75 Å². The van der Waals surface area contributed by atoms with Crippen molar-refractivity contribution in [3.63, 3.8) is 0 Å². The van der Waals surface area contributed by atoms with Gasteiger partial charge in [0, 0.05) is 0 Å². The first-order chi connectivity index (χ1) is 13.0. The monoisotopic (exact) mass is 428 g/mol. The van der Waals surface area contributed by atoms with Crippen LogP contribution in [0.25, 0.3) is 10.8 Å². The average Bonchev–Trinajstić information content (AvgIpc) is 2.69. The fourth-order valence-electron chi connectivity index (χ4n) is 2.92. The Hall–Kier alpha value is -1.79. The largest absolute Gasteiger partial charge is 0.699 e. The average molecular weight is 428 g/mol. The predicted octanol–water partition coefficient (Wildman–Crippen LogP) is 5.19. The molecule has 0 atom stereocenters. The highest BCUT2D eigenvalue weighted by molar-refractivity contribution is 6.78. The second-order valence-corrected chi connectivity index (χ2v) is 10.8. The zero-order valence-electron chi connectivity index (χ0n) is 15.1. The van der Waals surface area contributed by atoms with E-state index in [0.717, 1.165) is 0 Å². The van der Waals surface area contributed by atoms with Crippen molar-refractivity contribution in [2.24, 2.45) is 0 Å². The van der Waals surface area contributed by atoms with E-state index in [0.29, 0.717) is 18.1 Å². The smallest absolute Gasteiger partial charge is 0.509 e. The predicted molar refractivity (Wildman–Crippen MR) is 90.5 cm³/mol.